The van der Waals surface area contributed by atoms with E-state index in [1.54, 1.807) is 7.11 Å². The zero-order valence-electron chi connectivity index (χ0n) is 14.8. The van der Waals surface area contributed by atoms with Crippen molar-refractivity contribution in [3.05, 3.63) is 47.3 Å². The standard InChI is InChI=1S/C19H25N3O3/c1-14-12-18(21-20-14)16-4-3-9-22(13-16)19(23)15-5-7-17(8-6-15)25-11-10-24-2/h5-8,12,16H,3-4,9-11,13H2,1-2H3,(H,20,21)/t16-/m1/s1. The van der Waals surface area contributed by atoms with Gasteiger partial charge in [-0.3, -0.25) is 9.89 Å². The van der Waals surface area contributed by atoms with Crippen molar-refractivity contribution < 1.29 is 14.3 Å². The van der Waals surface area contributed by atoms with Gasteiger partial charge in [-0.05, 0) is 50.1 Å². The SMILES string of the molecule is COCCOc1ccc(C(=O)N2CCC[C@@H](c3cc(C)[nH]n3)C2)cc1. The molecule has 0 bridgehead atoms. The molecule has 3 rings (SSSR count). The number of ether oxygens (including phenoxy) is 2. The smallest absolute Gasteiger partial charge is 0.253 e. The molecule has 0 unspecified atom stereocenters. The minimum Gasteiger partial charge on any atom is -0.491 e. The Balaban J connectivity index is 1.61. The van der Waals surface area contributed by atoms with Crippen LogP contribution in [0.25, 0.3) is 0 Å². The van der Waals surface area contributed by atoms with Crippen molar-refractivity contribution >= 4 is 5.91 Å². The molecule has 1 aliphatic heterocycles. The minimum atomic E-state index is 0.0698. The van der Waals surface area contributed by atoms with Crippen LogP contribution in [0.1, 0.15) is 40.5 Å². The van der Waals surface area contributed by atoms with Crippen LogP contribution in [0.15, 0.2) is 30.3 Å². The van der Waals surface area contributed by atoms with Gasteiger partial charge in [0.2, 0.25) is 0 Å². The number of H-pyrrole nitrogens is 1. The monoisotopic (exact) mass is 343 g/mol. The topological polar surface area (TPSA) is 67.5 Å². The number of benzene rings is 1. The van der Waals surface area contributed by atoms with Gasteiger partial charge in [-0.2, -0.15) is 5.10 Å². The molecule has 1 aromatic heterocycles. The highest BCUT2D eigenvalue weighted by Gasteiger charge is 2.26. The van der Waals surface area contributed by atoms with E-state index in [-0.39, 0.29) is 5.91 Å². The number of methoxy groups -OCH3 is 1. The lowest BCUT2D eigenvalue weighted by Gasteiger charge is -2.32. The summed E-state index contributed by atoms with van der Waals surface area (Å²) in [5.41, 5.74) is 2.80. The van der Waals surface area contributed by atoms with Gasteiger partial charge >= 0.3 is 0 Å². The van der Waals surface area contributed by atoms with Crippen LogP contribution in [0, 0.1) is 6.92 Å². The Bertz CT molecular complexity index is 696. The molecule has 6 heteroatoms. The second-order valence-corrected chi connectivity index (χ2v) is 6.43. The summed E-state index contributed by atoms with van der Waals surface area (Å²) >= 11 is 0. The van der Waals surface area contributed by atoms with Gasteiger partial charge in [0.1, 0.15) is 12.4 Å². The van der Waals surface area contributed by atoms with Gasteiger partial charge in [-0.25, -0.2) is 0 Å². The average molecular weight is 343 g/mol. The molecular weight excluding hydrogens is 318 g/mol. The van der Waals surface area contributed by atoms with Crippen molar-refractivity contribution in [1.82, 2.24) is 15.1 Å². The Kier molecular flexibility index (Phi) is 5.71. The first-order valence-corrected chi connectivity index (χ1v) is 8.70. The van der Waals surface area contributed by atoms with Crippen LogP contribution in [0.4, 0.5) is 0 Å². The number of hydrogen-bond donors (Lipinski definition) is 1. The predicted octanol–water partition coefficient (Wildman–Crippen LogP) is 2.76. The second-order valence-electron chi connectivity index (χ2n) is 6.43. The molecule has 6 nitrogen and oxygen atoms in total. The molecule has 1 fully saturated rings. The van der Waals surface area contributed by atoms with E-state index in [4.69, 9.17) is 9.47 Å². The van der Waals surface area contributed by atoms with Crippen LogP contribution in [-0.4, -0.2) is 54.4 Å². The number of nitrogens with one attached hydrogen (secondary N) is 1. The normalized spacial score (nSPS) is 17.5. The summed E-state index contributed by atoms with van der Waals surface area (Å²) in [5, 5.41) is 7.36. The van der Waals surface area contributed by atoms with Crippen molar-refractivity contribution in [2.24, 2.45) is 0 Å². The fourth-order valence-corrected chi connectivity index (χ4v) is 3.17. The van der Waals surface area contributed by atoms with E-state index in [1.807, 2.05) is 36.1 Å². The summed E-state index contributed by atoms with van der Waals surface area (Å²) in [6.07, 6.45) is 2.07. The molecule has 1 aromatic carbocycles. The Morgan fingerprint density at radius 3 is 2.80 bits per heavy atom. The minimum absolute atomic E-state index is 0.0698. The van der Waals surface area contributed by atoms with Gasteiger partial charge < -0.3 is 14.4 Å². The first kappa shape index (κ1) is 17.5. The van der Waals surface area contributed by atoms with Crippen LogP contribution in [0.3, 0.4) is 0 Å². The molecular formula is C19H25N3O3. The number of amides is 1. The first-order chi connectivity index (χ1) is 12.2. The highest BCUT2D eigenvalue weighted by Crippen LogP contribution is 2.27. The van der Waals surface area contributed by atoms with E-state index < -0.39 is 0 Å². The molecule has 2 heterocycles. The highest BCUT2D eigenvalue weighted by molar-refractivity contribution is 5.94. The van der Waals surface area contributed by atoms with E-state index >= 15 is 0 Å². The molecule has 0 aliphatic carbocycles. The van der Waals surface area contributed by atoms with Crippen LogP contribution in [0.2, 0.25) is 0 Å². The fraction of sp³-hybridized carbons (Fsp3) is 0.474. The first-order valence-electron chi connectivity index (χ1n) is 8.70. The molecule has 0 spiro atoms. The molecule has 0 saturated carbocycles. The number of carbonyl (C=O) groups excluding carboxylic acids is 1. The lowest BCUT2D eigenvalue weighted by Crippen LogP contribution is -2.39. The Morgan fingerprint density at radius 1 is 1.32 bits per heavy atom. The van der Waals surface area contributed by atoms with Crippen LogP contribution in [0.5, 0.6) is 5.75 Å². The second kappa shape index (κ2) is 8.16. The molecule has 1 saturated heterocycles. The summed E-state index contributed by atoms with van der Waals surface area (Å²) < 4.78 is 10.5. The van der Waals surface area contributed by atoms with E-state index in [0.29, 0.717) is 24.7 Å². The number of piperidine rings is 1. The number of rotatable bonds is 6. The third-order valence-corrected chi connectivity index (χ3v) is 4.51. The number of carbonyl (C=O) groups is 1. The Hall–Kier alpha value is -2.34. The number of hydrogen-bond acceptors (Lipinski definition) is 4. The van der Waals surface area contributed by atoms with Gasteiger partial charge in [-0.1, -0.05) is 0 Å². The summed E-state index contributed by atoms with van der Waals surface area (Å²) in [6, 6.07) is 9.40. The zero-order valence-corrected chi connectivity index (χ0v) is 14.8. The van der Waals surface area contributed by atoms with Crippen molar-refractivity contribution in [3.8, 4) is 5.75 Å². The lowest BCUT2D eigenvalue weighted by atomic mass is 9.94. The van der Waals surface area contributed by atoms with Crippen molar-refractivity contribution in [3.63, 3.8) is 0 Å². The molecule has 1 atom stereocenters. The van der Waals surface area contributed by atoms with Gasteiger partial charge in [0.25, 0.3) is 5.91 Å². The highest BCUT2D eigenvalue weighted by atomic mass is 16.5. The molecule has 25 heavy (non-hydrogen) atoms. The van der Waals surface area contributed by atoms with Crippen LogP contribution in [-0.2, 0) is 4.74 Å². The summed E-state index contributed by atoms with van der Waals surface area (Å²) in [7, 11) is 1.64. The maximum Gasteiger partial charge on any atom is 0.253 e. The average Bonchev–Trinajstić information content (AvgIpc) is 3.08. The van der Waals surface area contributed by atoms with Gasteiger partial charge in [0.15, 0.2) is 0 Å². The molecule has 1 N–H and O–H groups in total. The van der Waals surface area contributed by atoms with Crippen LogP contribution < -0.4 is 4.74 Å². The number of aromatic nitrogens is 2. The van der Waals surface area contributed by atoms with Gasteiger partial charge in [0, 0.05) is 37.4 Å². The number of aromatic amines is 1. The third-order valence-electron chi connectivity index (χ3n) is 4.51. The van der Waals surface area contributed by atoms with Crippen LogP contribution >= 0.6 is 0 Å². The maximum atomic E-state index is 12.8. The van der Waals surface area contributed by atoms with Crippen molar-refractivity contribution in [2.45, 2.75) is 25.7 Å². The van der Waals surface area contributed by atoms with Crippen molar-refractivity contribution in [1.29, 1.82) is 0 Å². The lowest BCUT2D eigenvalue weighted by molar-refractivity contribution is 0.0706. The van der Waals surface area contributed by atoms with E-state index in [0.717, 1.165) is 43.1 Å². The van der Waals surface area contributed by atoms with Gasteiger partial charge in [0.05, 0.1) is 12.3 Å². The van der Waals surface area contributed by atoms with Crippen molar-refractivity contribution in [2.75, 3.05) is 33.4 Å². The maximum absolute atomic E-state index is 12.8. The summed E-state index contributed by atoms with van der Waals surface area (Å²) in [4.78, 5) is 14.7. The number of likely N-dealkylation sites (tertiary alicyclic amines) is 1. The van der Waals surface area contributed by atoms with E-state index in [9.17, 15) is 4.79 Å². The summed E-state index contributed by atoms with van der Waals surface area (Å²) in [6.45, 7) is 4.56. The Morgan fingerprint density at radius 2 is 2.12 bits per heavy atom. The molecule has 1 aliphatic rings. The zero-order chi connectivity index (χ0) is 17.6. The molecule has 0 radical (unpaired) electrons. The Labute approximate surface area is 148 Å². The largest absolute Gasteiger partial charge is 0.491 e. The molecule has 2 aromatic rings. The quantitative estimate of drug-likeness (QED) is 0.819. The van der Waals surface area contributed by atoms with E-state index in [2.05, 4.69) is 16.3 Å². The fourth-order valence-electron chi connectivity index (χ4n) is 3.17. The number of nitrogens with zero attached hydrogens (tertiary/aromatic N) is 2. The predicted molar refractivity (Wildman–Crippen MR) is 95.0 cm³/mol. The van der Waals surface area contributed by atoms with E-state index in [1.165, 1.54) is 0 Å². The summed E-state index contributed by atoms with van der Waals surface area (Å²) in [5.74, 6) is 1.12. The van der Waals surface area contributed by atoms with Gasteiger partial charge in [-0.15, -0.1) is 0 Å². The molecule has 134 valence electrons. The molecule has 1 amide bonds. The number of aryl methyl sites for hydroxylation is 1. The third kappa shape index (κ3) is 4.39.